The van der Waals surface area contributed by atoms with Crippen LogP contribution in [0.3, 0.4) is 0 Å². The van der Waals surface area contributed by atoms with E-state index in [9.17, 15) is 0 Å². The Kier molecular flexibility index (Phi) is 2.18. The first kappa shape index (κ1) is 9.48. The van der Waals surface area contributed by atoms with Gasteiger partial charge in [-0.3, -0.25) is 0 Å². The van der Waals surface area contributed by atoms with E-state index < -0.39 is 0 Å². The first-order valence-corrected chi connectivity index (χ1v) is 5.94. The number of rotatable bonds is 1. The quantitative estimate of drug-likeness (QED) is 0.632. The predicted molar refractivity (Wildman–Crippen MR) is 67.6 cm³/mol. The van der Waals surface area contributed by atoms with Crippen LogP contribution >= 0.6 is 11.3 Å². The zero-order chi connectivity index (χ0) is 11.0. The molecule has 0 saturated carbocycles. The van der Waals surface area contributed by atoms with E-state index in [1.54, 1.807) is 17.5 Å². The van der Waals surface area contributed by atoms with E-state index in [1.165, 1.54) is 11.1 Å². The van der Waals surface area contributed by atoms with Crippen molar-refractivity contribution in [1.82, 2.24) is 9.97 Å². The number of hydrogen-bond acceptors (Lipinski definition) is 3. The normalized spacial score (nSPS) is 10.8. The number of nitrogens with zero attached hydrogens (tertiary/aromatic N) is 2. The summed E-state index contributed by atoms with van der Waals surface area (Å²) in [5, 5.41) is 1.05. The highest BCUT2D eigenvalue weighted by Gasteiger charge is 2.07. The molecule has 2 aromatic heterocycles. The van der Waals surface area contributed by atoms with Crippen molar-refractivity contribution >= 4 is 21.7 Å². The van der Waals surface area contributed by atoms with Crippen molar-refractivity contribution in [2.75, 3.05) is 0 Å². The van der Waals surface area contributed by atoms with Crippen LogP contribution in [0, 0.1) is 6.92 Å². The van der Waals surface area contributed by atoms with Gasteiger partial charge in [-0.2, -0.15) is 0 Å². The fraction of sp³-hybridized carbons (Fsp3) is 0.0769. The first-order valence-electron chi connectivity index (χ1n) is 5.12. The third-order valence-corrected chi connectivity index (χ3v) is 3.58. The molecular formula is C13H10N2S. The average molecular weight is 226 g/mol. The van der Waals surface area contributed by atoms with Crippen LogP contribution in [-0.4, -0.2) is 9.97 Å². The highest BCUT2D eigenvalue weighted by atomic mass is 32.1. The second kappa shape index (κ2) is 3.68. The summed E-state index contributed by atoms with van der Waals surface area (Å²) in [6, 6.07) is 12.3. The fourth-order valence-electron chi connectivity index (χ4n) is 1.70. The zero-order valence-electron chi connectivity index (χ0n) is 8.84. The Labute approximate surface area is 97.6 Å². The molecule has 0 amide bonds. The lowest BCUT2D eigenvalue weighted by atomic mass is 10.1. The molecule has 0 aliphatic carbocycles. The molecule has 0 aliphatic heterocycles. The van der Waals surface area contributed by atoms with Crippen LogP contribution in [0.2, 0.25) is 0 Å². The van der Waals surface area contributed by atoms with Gasteiger partial charge in [-0.25, -0.2) is 9.97 Å². The van der Waals surface area contributed by atoms with E-state index in [0.717, 1.165) is 15.4 Å². The van der Waals surface area contributed by atoms with Crippen molar-refractivity contribution in [1.29, 1.82) is 0 Å². The number of hydrogen-bond donors (Lipinski definition) is 0. The van der Waals surface area contributed by atoms with Crippen LogP contribution in [0.25, 0.3) is 20.9 Å². The van der Waals surface area contributed by atoms with Gasteiger partial charge in [-0.15, -0.1) is 11.3 Å². The molecule has 3 heteroatoms. The summed E-state index contributed by atoms with van der Waals surface area (Å²) in [7, 11) is 0. The van der Waals surface area contributed by atoms with Crippen LogP contribution in [0.4, 0.5) is 0 Å². The molecule has 0 unspecified atom stereocenters. The molecule has 2 nitrogen and oxygen atoms in total. The summed E-state index contributed by atoms with van der Waals surface area (Å²) >= 11 is 1.69. The number of pyridine rings is 1. The number of thiazole rings is 1. The topological polar surface area (TPSA) is 25.8 Å². The number of aryl methyl sites for hydroxylation is 1. The van der Waals surface area contributed by atoms with Crippen LogP contribution in [-0.2, 0) is 0 Å². The van der Waals surface area contributed by atoms with Crippen LogP contribution in [0.5, 0.6) is 0 Å². The molecule has 0 atom stereocenters. The summed E-state index contributed by atoms with van der Waals surface area (Å²) in [5.41, 5.74) is 3.29. The molecule has 0 spiro atoms. The Balaban J connectivity index is 2.23. The summed E-state index contributed by atoms with van der Waals surface area (Å²) in [5.74, 6) is 0. The minimum atomic E-state index is 0.839. The minimum absolute atomic E-state index is 0.839. The Morgan fingerprint density at radius 3 is 2.75 bits per heavy atom. The first-order chi connectivity index (χ1) is 7.84. The second-order valence-electron chi connectivity index (χ2n) is 3.66. The third-order valence-electron chi connectivity index (χ3n) is 2.54. The smallest absolute Gasteiger partial charge is 0.170 e. The Hall–Kier alpha value is -1.74. The fourth-order valence-corrected chi connectivity index (χ4v) is 2.71. The van der Waals surface area contributed by atoms with Crippen molar-refractivity contribution in [3.8, 4) is 10.6 Å². The highest BCUT2D eigenvalue weighted by Crippen LogP contribution is 2.30. The average Bonchev–Trinajstić information content (AvgIpc) is 2.73. The summed E-state index contributed by atoms with van der Waals surface area (Å²) < 4.78 is 1.14. The molecule has 3 aromatic rings. The van der Waals surface area contributed by atoms with Crippen molar-refractivity contribution in [3.63, 3.8) is 0 Å². The third kappa shape index (κ3) is 1.49. The van der Waals surface area contributed by atoms with Crippen LogP contribution < -0.4 is 0 Å². The molecule has 0 aliphatic rings. The molecule has 0 fully saturated rings. The molecule has 0 radical (unpaired) electrons. The molecule has 2 heterocycles. The lowest BCUT2D eigenvalue weighted by Gasteiger charge is -1.99. The van der Waals surface area contributed by atoms with E-state index >= 15 is 0 Å². The Morgan fingerprint density at radius 1 is 1.06 bits per heavy atom. The van der Waals surface area contributed by atoms with Crippen molar-refractivity contribution in [2.45, 2.75) is 6.92 Å². The van der Waals surface area contributed by atoms with Gasteiger partial charge in [0.25, 0.3) is 0 Å². The summed E-state index contributed by atoms with van der Waals surface area (Å²) in [6.07, 6.45) is 1.78. The second-order valence-corrected chi connectivity index (χ2v) is 4.69. The standard InChI is InChI=1S/C13H10N2S/c1-9-5-2-3-6-10(9)13-15-12-11(16-13)7-4-8-14-12/h2-8H,1H3. The molecule has 0 bridgehead atoms. The molecule has 16 heavy (non-hydrogen) atoms. The molecule has 78 valence electrons. The number of aromatic nitrogens is 2. The van der Waals surface area contributed by atoms with E-state index in [2.05, 4.69) is 35.1 Å². The van der Waals surface area contributed by atoms with Gasteiger partial charge < -0.3 is 0 Å². The lowest BCUT2D eigenvalue weighted by Crippen LogP contribution is -1.81. The Bertz CT molecular complexity index is 610. The molecule has 1 aromatic carbocycles. The maximum absolute atomic E-state index is 4.55. The maximum Gasteiger partial charge on any atom is 0.170 e. The van der Waals surface area contributed by atoms with Crippen molar-refractivity contribution in [3.05, 3.63) is 48.2 Å². The largest absolute Gasteiger partial charge is 0.236 e. The SMILES string of the molecule is Cc1ccccc1-c1nc2ncccc2s1. The van der Waals surface area contributed by atoms with E-state index in [-0.39, 0.29) is 0 Å². The van der Waals surface area contributed by atoms with Crippen molar-refractivity contribution < 1.29 is 0 Å². The molecule has 0 saturated heterocycles. The van der Waals surface area contributed by atoms with E-state index in [1.807, 2.05) is 18.2 Å². The van der Waals surface area contributed by atoms with Gasteiger partial charge in [0.15, 0.2) is 5.65 Å². The van der Waals surface area contributed by atoms with Crippen LogP contribution in [0.1, 0.15) is 5.56 Å². The van der Waals surface area contributed by atoms with E-state index in [4.69, 9.17) is 0 Å². The minimum Gasteiger partial charge on any atom is -0.236 e. The van der Waals surface area contributed by atoms with Gasteiger partial charge in [0.05, 0.1) is 4.70 Å². The molecular weight excluding hydrogens is 216 g/mol. The number of benzene rings is 1. The highest BCUT2D eigenvalue weighted by molar-refractivity contribution is 7.21. The van der Waals surface area contributed by atoms with Crippen LogP contribution in [0.15, 0.2) is 42.6 Å². The monoisotopic (exact) mass is 226 g/mol. The summed E-state index contributed by atoms with van der Waals surface area (Å²) in [4.78, 5) is 8.81. The lowest BCUT2D eigenvalue weighted by molar-refractivity contribution is 1.32. The summed E-state index contributed by atoms with van der Waals surface area (Å²) in [6.45, 7) is 2.11. The van der Waals surface area contributed by atoms with Gasteiger partial charge in [0.2, 0.25) is 0 Å². The van der Waals surface area contributed by atoms with Gasteiger partial charge in [0, 0.05) is 11.8 Å². The molecule has 0 N–H and O–H groups in total. The predicted octanol–water partition coefficient (Wildman–Crippen LogP) is 3.67. The molecule has 3 rings (SSSR count). The maximum atomic E-state index is 4.55. The zero-order valence-corrected chi connectivity index (χ0v) is 9.66. The van der Waals surface area contributed by atoms with Gasteiger partial charge in [0.1, 0.15) is 5.01 Å². The van der Waals surface area contributed by atoms with Gasteiger partial charge in [-0.1, -0.05) is 24.3 Å². The Morgan fingerprint density at radius 2 is 1.94 bits per heavy atom. The van der Waals surface area contributed by atoms with E-state index in [0.29, 0.717) is 0 Å². The van der Waals surface area contributed by atoms with Gasteiger partial charge in [-0.05, 0) is 24.6 Å². The number of fused-ring (bicyclic) bond motifs is 1. The van der Waals surface area contributed by atoms with Gasteiger partial charge >= 0.3 is 0 Å². The van der Waals surface area contributed by atoms with Crippen molar-refractivity contribution in [2.24, 2.45) is 0 Å².